The minimum Gasteiger partial charge on any atom is -0.485 e. The largest absolute Gasteiger partial charge is 0.485 e. The Morgan fingerprint density at radius 3 is 2.31 bits per heavy atom. The predicted octanol–water partition coefficient (Wildman–Crippen LogP) is 2.83. The van der Waals surface area contributed by atoms with Gasteiger partial charge in [-0.05, 0) is 73.4 Å². The molecule has 1 saturated heterocycles. The van der Waals surface area contributed by atoms with E-state index in [0.717, 1.165) is 48.1 Å². The molecule has 1 heterocycles. The van der Waals surface area contributed by atoms with Crippen molar-refractivity contribution in [2.45, 2.75) is 81.6 Å². The van der Waals surface area contributed by atoms with Crippen molar-refractivity contribution in [3.05, 3.63) is 64.7 Å². The molecule has 7 nitrogen and oxygen atoms in total. The van der Waals surface area contributed by atoms with Gasteiger partial charge in [0, 0.05) is 7.11 Å². The lowest BCUT2D eigenvalue weighted by molar-refractivity contribution is -0.231. The molecule has 1 aliphatic heterocycles. The molecule has 2 aliphatic rings. The van der Waals surface area contributed by atoms with Gasteiger partial charge in [-0.1, -0.05) is 36.8 Å². The fourth-order valence-corrected chi connectivity index (χ4v) is 5.32. The smallest absolute Gasteiger partial charge is 0.132 e. The van der Waals surface area contributed by atoms with Crippen LogP contribution in [0.3, 0.4) is 0 Å². The van der Waals surface area contributed by atoms with Gasteiger partial charge >= 0.3 is 0 Å². The summed E-state index contributed by atoms with van der Waals surface area (Å²) in [5, 5.41) is 40.3. The average molecular weight is 487 g/mol. The highest BCUT2D eigenvalue weighted by atomic mass is 16.5. The number of rotatable bonds is 8. The number of hydrogen-bond acceptors (Lipinski definition) is 7. The normalized spacial score (nSPS) is 28.6. The number of hydrogen-bond donors (Lipinski definition) is 4. The van der Waals surface area contributed by atoms with E-state index in [9.17, 15) is 20.4 Å². The van der Waals surface area contributed by atoms with Gasteiger partial charge in [0.1, 0.15) is 41.9 Å². The van der Waals surface area contributed by atoms with Crippen LogP contribution in [-0.2, 0) is 15.9 Å². The molecule has 0 spiro atoms. The SMILES string of the molecule is COCC1(Oc2ccc(Cc3cc([C@@H]4O[C@H](CO)[C@@H](O)[C@H](O)[C@H]4O)ccc3C)cc2)CCCCC1. The van der Waals surface area contributed by atoms with Crippen molar-refractivity contribution in [1.82, 2.24) is 0 Å². The molecule has 192 valence electrons. The fraction of sp³-hybridized carbons (Fsp3) is 0.571. The maximum Gasteiger partial charge on any atom is 0.132 e. The zero-order valence-electron chi connectivity index (χ0n) is 20.6. The van der Waals surface area contributed by atoms with Crippen LogP contribution in [0, 0.1) is 6.92 Å². The topological polar surface area (TPSA) is 109 Å². The maximum absolute atomic E-state index is 10.5. The van der Waals surface area contributed by atoms with Gasteiger partial charge in [0.25, 0.3) is 0 Å². The molecule has 7 heteroatoms. The molecule has 2 aromatic carbocycles. The molecule has 2 aromatic rings. The maximum atomic E-state index is 10.5. The molecule has 0 amide bonds. The quantitative estimate of drug-likeness (QED) is 0.454. The first kappa shape index (κ1) is 26.1. The van der Waals surface area contributed by atoms with Gasteiger partial charge < -0.3 is 34.6 Å². The minimum atomic E-state index is -1.39. The minimum absolute atomic E-state index is 0.245. The van der Waals surface area contributed by atoms with E-state index >= 15 is 0 Å². The number of ether oxygens (including phenoxy) is 3. The Hall–Kier alpha value is -2.00. The molecule has 5 atom stereocenters. The second-order valence-electron chi connectivity index (χ2n) is 10.0. The lowest BCUT2D eigenvalue weighted by atomic mass is 9.85. The Morgan fingerprint density at radius 1 is 0.943 bits per heavy atom. The van der Waals surface area contributed by atoms with Gasteiger partial charge in [-0.2, -0.15) is 0 Å². The van der Waals surface area contributed by atoms with E-state index in [1.54, 1.807) is 7.11 Å². The van der Waals surface area contributed by atoms with Gasteiger partial charge in [-0.3, -0.25) is 0 Å². The molecule has 1 aliphatic carbocycles. The lowest BCUT2D eigenvalue weighted by Gasteiger charge is -2.40. The summed E-state index contributed by atoms with van der Waals surface area (Å²) >= 11 is 0. The lowest BCUT2D eigenvalue weighted by Crippen LogP contribution is -2.55. The Bertz CT molecular complexity index is 947. The highest BCUT2D eigenvalue weighted by molar-refractivity contribution is 5.38. The molecule has 4 N–H and O–H groups in total. The molecule has 0 aromatic heterocycles. The monoisotopic (exact) mass is 486 g/mol. The molecule has 4 rings (SSSR count). The van der Waals surface area contributed by atoms with Crippen molar-refractivity contribution in [2.24, 2.45) is 0 Å². The van der Waals surface area contributed by atoms with Gasteiger partial charge in [0.15, 0.2) is 0 Å². The summed E-state index contributed by atoms with van der Waals surface area (Å²) in [5.74, 6) is 0.847. The van der Waals surface area contributed by atoms with E-state index in [1.807, 2.05) is 37.3 Å². The summed E-state index contributed by atoms with van der Waals surface area (Å²) < 4.78 is 17.6. The van der Waals surface area contributed by atoms with Crippen molar-refractivity contribution in [2.75, 3.05) is 20.3 Å². The first-order chi connectivity index (χ1) is 16.9. The van der Waals surface area contributed by atoms with Crippen molar-refractivity contribution in [3.8, 4) is 5.75 Å². The molecule has 1 saturated carbocycles. The zero-order chi connectivity index (χ0) is 25.0. The third-order valence-corrected chi connectivity index (χ3v) is 7.42. The second-order valence-corrected chi connectivity index (χ2v) is 10.0. The van der Waals surface area contributed by atoms with Crippen LogP contribution in [0.5, 0.6) is 5.75 Å². The van der Waals surface area contributed by atoms with E-state index < -0.39 is 37.1 Å². The summed E-state index contributed by atoms with van der Waals surface area (Å²) in [4.78, 5) is 0. The van der Waals surface area contributed by atoms with Crippen LogP contribution >= 0.6 is 0 Å². The highest BCUT2D eigenvalue weighted by Crippen LogP contribution is 2.35. The third-order valence-electron chi connectivity index (χ3n) is 7.42. The Balaban J connectivity index is 1.48. The molecular formula is C28H38O7. The first-order valence-corrected chi connectivity index (χ1v) is 12.5. The van der Waals surface area contributed by atoms with Gasteiger partial charge in [0.05, 0.1) is 13.2 Å². The molecule has 0 unspecified atom stereocenters. The van der Waals surface area contributed by atoms with Gasteiger partial charge in [0.2, 0.25) is 0 Å². The van der Waals surface area contributed by atoms with Crippen molar-refractivity contribution in [3.63, 3.8) is 0 Å². The Kier molecular flexibility index (Phi) is 8.47. The summed E-state index contributed by atoms with van der Waals surface area (Å²) in [6, 6.07) is 13.9. The Morgan fingerprint density at radius 2 is 1.66 bits per heavy atom. The van der Waals surface area contributed by atoms with Crippen molar-refractivity contribution in [1.29, 1.82) is 0 Å². The molecule has 0 radical (unpaired) electrons. The fourth-order valence-electron chi connectivity index (χ4n) is 5.32. The van der Waals surface area contributed by atoms with Gasteiger partial charge in [-0.25, -0.2) is 0 Å². The average Bonchev–Trinajstić information content (AvgIpc) is 2.86. The summed E-state index contributed by atoms with van der Waals surface area (Å²) in [6.07, 6.45) is 0.432. The van der Waals surface area contributed by atoms with Crippen molar-refractivity contribution < 1.29 is 34.6 Å². The van der Waals surface area contributed by atoms with E-state index in [1.165, 1.54) is 6.42 Å². The van der Waals surface area contributed by atoms with Crippen LogP contribution in [0.25, 0.3) is 0 Å². The van der Waals surface area contributed by atoms with E-state index in [-0.39, 0.29) is 5.60 Å². The summed E-state index contributed by atoms with van der Waals surface area (Å²) in [6.45, 7) is 2.18. The number of methoxy groups -OCH3 is 1. The number of benzene rings is 2. The van der Waals surface area contributed by atoms with E-state index in [2.05, 4.69) is 12.1 Å². The first-order valence-electron chi connectivity index (χ1n) is 12.5. The van der Waals surface area contributed by atoms with E-state index in [0.29, 0.717) is 18.6 Å². The number of aliphatic hydroxyl groups is 4. The van der Waals surface area contributed by atoms with Crippen LogP contribution < -0.4 is 4.74 Å². The number of aryl methyl sites for hydroxylation is 1. The Labute approximate surface area is 207 Å². The number of aliphatic hydroxyl groups excluding tert-OH is 4. The van der Waals surface area contributed by atoms with Crippen LogP contribution in [0.15, 0.2) is 42.5 Å². The van der Waals surface area contributed by atoms with Crippen LogP contribution in [0.1, 0.15) is 60.5 Å². The molecular weight excluding hydrogens is 448 g/mol. The second kappa shape index (κ2) is 11.4. The van der Waals surface area contributed by atoms with Crippen LogP contribution in [0.2, 0.25) is 0 Å². The van der Waals surface area contributed by atoms with Crippen LogP contribution in [-0.4, -0.2) is 70.8 Å². The molecule has 35 heavy (non-hydrogen) atoms. The van der Waals surface area contributed by atoms with E-state index in [4.69, 9.17) is 14.2 Å². The molecule has 0 bridgehead atoms. The van der Waals surface area contributed by atoms with Crippen molar-refractivity contribution >= 4 is 0 Å². The third kappa shape index (κ3) is 5.88. The summed E-state index contributed by atoms with van der Waals surface area (Å²) in [5.41, 5.74) is 3.73. The zero-order valence-corrected chi connectivity index (χ0v) is 20.6. The standard InChI is InChI=1S/C28H38O7/c1-18-6-9-20(27-26(32)25(31)24(30)23(16-29)34-27)15-21(18)14-19-7-10-22(11-8-19)35-28(17-33-2)12-4-3-5-13-28/h6-11,15,23-27,29-32H,3-5,12-14,16-17H2,1-2H3/t23-,24-,25+,26-,27+/m1/s1. The molecule has 2 fully saturated rings. The van der Waals surface area contributed by atoms with Gasteiger partial charge in [-0.15, -0.1) is 0 Å². The predicted molar refractivity (Wildman–Crippen MR) is 131 cm³/mol. The highest BCUT2D eigenvalue weighted by Gasteiger charge is 2.44. The summed E-state index contributed by atoms with van der Waals surface area (Å²) in [7, 11) is 1.73. The van der Waals surface area contributed by atoms with Crippen LogP contribution in [0.4, 0.5) is 0 Å².